The van der Waals surface area contributed by atoms with Crippen molar-refractivity contribution in [3.8, 4) is 0 Å². The summed E-state index contributed by atoms with van der Waals surface area (Å²) in [6, 6.07) is 0. The molecule has 0 fully saturated rings. The van der Waals surface area contributed by atoms with Crippen molar-refractivity contribution in [2.24, 2.45) is 22.0 Å². The molecule has 0 aromatic carbocycles. The maximum absolute atomic E-state index is 14.2. The van der Waals surface area contributed by atoms with Crippen molar-refractivity contribution in [1.82, 2.24) is 20.3 Å². The first-order valence-corrected chi connectivity index (χ1v) is 22.1. The van der Waals surface area contributed by atoms with Gasteiger partial charge in [0.05, 0.1) is 6.10 Å². The highest BCUT2D eigenvalue weighted by atomic mass is 32.6. The third kappa shape index (κ3) is 16.4. The Hall–Kier alpha value is -0.490. The normalized spacial score (nSPS) is 17.4. The van der Waals surface area contributed by atoms with Crippen molar-refractivity contribution in [3.05, 3.63) is 0 Å². The molecule has 45 heavy (non-hydrogen) atoms. The minimum absolute atomic E-state index is 0.0687. The van der Waals surface area contributed by atoms with E-state index in [0.717, 1.165) is 19.2 Å². The molecule has 0 spiro atoms. The van der Waals surface area contributed by atoms with Gasteiger partial charge in [0.1, 0.15) is 12.3 Å². The van der Waals surface area contributed by atoms with E-state index in [9.17, 15) is 24.3 Å². The van der Waals surface area contributed by atoms with E-state index in [0.29, 0.717) is 25.3 Å². The SMILES string of the molecule is CCC(C)(CC(C)(CC(C)(C)C(=O)S(NC/[NH+]=C(\N)CCCS)=PP)C(=O)S(=P)NNC(=O)OC(C)(C)C)C(=O)NCC(C)O. The van der Waals surface area contributed by atoms with Crippen LogP contribution in [0.25, 0.3) is 0 Å². The molecule has 0 saturated carbocycles. The Labute approximate surface area is 285 Å². The molecule has 0 aliphatic heterocycles. The predicted molar refractivity (Wildman–Crippen MR) is 198 cm³/mol. The highest BCUT2D eigenvalue weighted by Gasteiger charge is 2.48. The van der Waals surface area contributed by atoms with E-state index in [1.54, 1.807) is 55.4 Å². The number of nitrogens with one attached hydrogen (secondary N) is 5. The van der Waals surface area contributed by atoms with Crippen molar-refractivity contribution >= 4 is 85.2 Å². The van der Waals surface area contributed by atoms with E-state index in [1.165, 1.54) is 0 Å². The maximum Gasteiger partial charge on any atom is 0.422 e. The molecule has 6 atom stereocenters. The monoisotopic (exact) mass is 749 g/mol. The molecular weight excluding hydrogens is 693 g/mol. The standard InChI is InChI=1S/C27H55N6O6P3S3/c1-10-26(8,20(35)29-14-18(2)34)16-27(9,22(37)44(41)33-32-23(38)39-24(3,4)5)15-25(6,7)21(36)45(42-40)31-17-30-19(28)12-11-13-43/h18,31,33-34,41,43H,10-17,40H2,1-9H3,(H2,28,30)(H,29,35)(H,32,38)/p+1. The number of ether oxygens (including phenoxy) is 1. The second kappa shape index (κ2) is 20.1. The van der Waals surface area contributed by atoms with Crippen LogP contribution in [0.2, 0.25) is 0 Å². The van der Waals surface area contributed by atoms with Crippen molar-refractivity contribution in [2.75, 3.05) is 19.0 Å². The van der Waals surface area contributed by atoms with Crippen molar-refractivity contribution in [3.63, 3.8) is 0 Å². The number of thiol groups is 1. The van der Waals surface area contributed by atoms with Crippen LogP contribution < -0.4 is 31.0 Å². The van der Waals surface area contributed by atoms with Gasteiger partial charge in [-0.05, 0) is 86.7 Å². The number of carbonyl (C=O) groups excluding carboxylic acids is 4. The number of hydrazine groups is 1. The van der Waals surface area contributed by atoms with Gasteiger partial charge in [-0.3, -0.25) is 25.1 Å². The van der Waals surface area contributed by atoms with Crippen molar-refractivity contribution < 1.29 is 34.0 Å². The summed E-state index contributed by atoms with van der Waals surface area (Å²) in [5.41, 5.74) is 4.47. The average molecular weight is 750 g/mol. The average Bonchev–Trinajstić information content (AvgIpc) is 2.93. The van der Waals surface area contributed by atoms with Gasteiger partial charge in [0.15, 0.2) is 0 Å². The lowest BCUT2D eigenvalue weighted by molar-refractivity contribution is -0.461. The van der Waals surface area contributed by atoms with Crippen molar-refractivity contribution in [1.29, 1.82) is 0 Å². The number of amides is 2. The smallest absolute Gasteiger partial charge is 0.422 e. The van der Waals surface area contributed by atoms with Gasteiger partial charge >= 0.3 is 6.09 Å². The first-order chi connectivity index (χ1) is 20.6. The maximum atomic E-state index is 14.2. The number of amidine groups is 1. The van der Waals surface area contributed by atoms with Crippen LogP contribution in [0.3, 0.4) is 0 Å². The highest BCUT2D eigenvalue weighted by molar-refractivity contribution is 8.43. The number of hydrogen-bond donors (Lipinski definition) is 8. The molecule has 0 aliphatic rings. The molecule has 0 aliphatic carbocycles. The molecule has 2 amide bonds. The molecule has 18 heteroatoms. The minimum Gasteiger partial charge on any atom is -0.443 e. The summed E-state index contributed by atoms with van der Waals surface area (Å²) in [4.78, 5) is 59.6. The van der Waals surface area contributed by atoms with Gasteiger partial charge in [-0.25, -0.2) is 14.9 Å². The van der Waals surface area contributed by atoms with E-state index < -0.39 is 54.6 Å². The second-order valence-corrected chi connectivity index (χ2v) is 21.0. The third-order valence-corrected chi connectivity index (χ3v) is 14.1. The van der Waals surface area contributed by atoms with Gasteiger partial charge in [0.25, 0.3) is 0 Å². The predicted octanol–water partition coefficient (Wildman–Crippen LogP) is 2.27. The summed E-state index contributed by atoms with van der Waals surface area (Å²) in [6.45, 7) is 16.1. The number of hydrogen-bond acceptors (Lipinski definition) is 7. The summed E-state index contributed by atoms with van der Waals surface area (Å²) in [6.07, 6.45) is 0.639. The van der Waals surface area contributed by atoms with Gasteiger partial charge in [0.2, 0.25) is 22.0 Å². The van der Waals surface area contributed by atoms with Gasteiger partial charge in [-0.2, -0.15) is 17.5 Å². The van der Waals surface area contributed by atoms with Crippen LogP contribution >= 0.6 is 36.6 Å². The summed E-state index contributed by atoms with van der Waals surface area (Å²) < 4.78 is 8.50. The molecule has 6 unspecified atom stereocenters. The van der Waals surface area contributed by atoms with E-state index in [-0.39, 0.29) is 35.5 Å². The van der Waals surface area contributed by atoms with Gasteiger partial charge < -0.3 is 15.2 Å². The van der Waals surface area contributed by atoms with Gasteiger partial charge in [-0.1, -0.05) is 51.6 Å². The number of nitrogens with two attached hydrogens (primary N) is 1. The molecule has 8 N–H and O–H groups in total. The fourth-order valence-electron chi connectivity index (χ4n) is 4.61. The number of rotatable bonds is 18. The van der Waals surface area contributed by atoms with Crippen LogP contribution in [0.4, 0.5) is 4.79 Å². The van der Waals surface area contributed by atoms with Gasteiger partial charge in [0, 0.05) is 29.2 Å². The molecule has 0 bridgehead atoms. The lowest BCUT2D eigenvalue weighted by Gasteiger charge is -2.41. The van der Waals surface area contributed by atoms with Crippen LogP contribution in [0.5, 0.6) is 0 Å². The summed E-state index contributed by atoms with van der Waals surface area (Å²) in [7, 11) is 4.47. The quantitative estimate of drug-likeness (QED) is 0.0260. The molecule has 0 rings (SSSR count). The Kier molecular flexibility index (Phi) is 19.9. The highest BCUT2D eigenvalue weighted by Crippen LogP contribution is 2.46. The molecular formula is C27H56N6O6P3S3+. The Morgan fingerprint density at radius 3 is 2.18 bits per heavy atom. The number of aliphatic hydroxyl groups excluding tert-OH is 1. The summed E-state index contributed by atoms with van der Waals surface area (Å²) in [5.74, 6) is 1.02. The Balaban J connectivity index is 6.34. The van der Waals surface area contributed by atoms with Crippen LogP contribution in [-0.4, -0.2) is 63.8 Å². The molecule has 12 nitrogen and oxygen atoms in total. The van der Waals surface area contributed by atoms with E-state index in [1.807, 2.05) is 6.92 Å². The largest absolute Gasteiger partial charge is 0.443 e. The van der Waals surface area contributed by atoms with Crippen LogP contribution in [-0.2, 0) is 39.6 Å². The molecule has 0 saturated heterocycles. The molecule has 0 heterocycles. The van der Waals surface area contributed by atoms with E-state index in [4.69, 9.17) is 10.5 Å². The minimum atomic E-state index is -1.40. The zero-order chi connectivity index (χ0) is 35.2. The topological polar surface area (TPSA) is 186 Å². The molecule has 0 aromatic heterocycles. The zero-order valence-corrected chi connectivity index (χ0v) is 33.7. The zero-order valence-electron chi connectivity index (χ0n) is 28.1. The summed E-state index contributed by atoms with van der Waals surface area (Å²) in [5, 5.41) is 12.1. The lowest BCUT2D eigenvalue weighted by atomic mass is 9.65. The van der Waals surface area contributed by atoms with E-state index >= 15 is 0 Å². The first kappa shape index (κ1) is 44.5. The second-order valence-electron chi connectivity index (χ2n) is 13.1. The van der Waals surface area contributed by atoms with E-state index in [2.05, 4.69) is 54.9 Å². The Bertz CT molecular complexity index is 1140. The molecule has 0 radical (unpaired) electrons. The van der Waals surface area contributed by atoms with Gasteiger partial charge in [-0.15, -0.1) is 0 Å². The fraction of sp³-hybridized carbons (Fsp3) is 0.815. The number of aliphatic hydroxyl groups is 1. The lowest BCUT2D eigenvalue weighted by Crippen LogP contribution is -2.78. The third-order valence-electron chi connectivity index (χ3n) is 6.79. The summed E-state index contributed by atoms with van der Waals surface area (Å²) >= 11 is 4.20. The van der Waals surface area contributed by atoms with Crippen molar-refractivity contribution in [2.45, 2.75) is 106 Å². The molecule has 0 aromatic rings. The number of carbonyl (C=O) groups is 4. The van der Waals surface area contributed by atoms with Crippen LogP contribution in [0, 0.1) is 16.2 Å². The first-order valence-electron chi connectivity index (χ1n) is 14.7. The Morgan fingerprint density at radius 1 is 1.09 bits per heavy atom. The van der Waals surface area contributed by atoms with Crippen LogP contribution in [0.15, 0.2) is 0 Å². The fourth-order valence-corrected chi connectivity index (χ4v) is 10.7. The van der Waals surface area contributed by atoms with Crippen LogP contribution in [0.1, 0.15) is 94.4 Å². The Morgan fingerprint density at radius 2 is 1.69 bits per heavy atom. The molecule has 262 valence electrons.